The molecule has 1 aromatic carbocycles. The van der Waals surface area contributed by atoms with E-state index in [0.717, 1.165) is 22.6 Å². The number of aliphatic carboxylic acids is 1. The van der Waals surface area contributed by atoms with Crippen molar-refractivity contribution in [1.82, 2.24) is 14.8 Å². The van der Waals surface area contributed by atoms with E-state index < -0.39 is 24.5 Å². The molecular weight excluding hydrogens is 358 g/mol. The molecule has 1 saturated heterocycles. The largest absolute Gasteiger partial charge is 0.480 e. The SMILES string of the molecule is Cc1cc(/C=C2/NC(=O)N(CC(=O)O)C2=O)c(C)n1-c1ccc(C(C)C)cc1. The van der Waals surface area contributed by atoms with Crippen molar-refractivity contribution in [2.45, 2.75) is 33.6 Å². The molecule has 0 atom stereocenters. The van der Waals surface area contributed by atoms with Gasteiger partial charge in [-0.2, -0.15) is 0 Å². The number of carboxylic acids is 1. The number of nitrogens with zero attached hydrogens (tertiary/aromatic N) is 2. The molecule has 146 valence electrons. The van der Waals surface area contributed by atoms with Crippen LogP contribution in [0.2, 0.25) is 0 Å². The Balaban J connectivity index is 1.94. The highest BCUT2D eigenvalue weighted by Crippen LogP contribution is 2.25. The highest BCUT2D eigenvalue weighted by Gasteiger charge is 2.35. The van der Waals surface area contributed by atoms with Gasteiger partial charge in [-0.1, -0.05) is 26.0 Å². The summed E-state index contributed by atoms with van der Waals surface area (Å²) in [6.07, 6.45) is 1.59. The standard InChI is InChI=1S/C21H23N3O4/c1-12(2)15-5-7-17(8-6-15)24-13(3)9-16(14(24)4)10-18-20(27)23(11-19(25)26)21(28)22-18/h5-10,12H,11H2,1-4H3,(H,22,28)(H,25,26)/b18-10+. The molecule has 2 N–H and O–H groups in total. The van der Waals surface area contributed by atoms with E-state index in [1.165, 1.54) is 5.56 Å². The second-order valence-corrected chi connectivity index (χ2v) is 7.18. The van der Waals surface area contributed by atoms with Crippen LogP contribution < -0.4 is 5.32 Å². The van der Waals surface area contributed by atoms with E-state index in [1.54, 1.807) is 6.08 Å². The fourth-order valence-electron chi connectivity index (χ4n) is 3.35. The summed E-state index contributed by atoms with van der Waals surface area (Å²) in [6.45, 7) is 7.53. The highest BCUT2D eigenvalue weighted by molar-refractivity contribution is 6.15. The van der Waals surface area contributed by atoms with Crippen LogP contribution in [0.25, 0.3) is 11.8 Å². The van der Waals surface area contributed by atoms with Gasteiger partial charge in [-0.25, -0.2) is 9.69 Å². The Bertz CT molecular complexity index is 984. The lowest BCUT2D eigenvalue weighted by Gasteiger charge is -2.12. The van der Waals surface area contributed by atoms with Gasteiger partial charge in [0.05, 0.1) is 0 Å². The summed E-state index contributed by atoms with van der Waals surface area (Å²) in [5.41, 5.74) is 5.03. The predicted molar refractivity (Wildman–Crippen MR) is 105 cm³/mol. The van der Waals surface area contributed by atoms with Crippen LogP contribution in [-0.4, -0.2) is 39.0 Å². The fourth-order valence-corrected chi connectivity index (χ4v) is 3.35. The molecule has 0 radical (unpaired) electrons. The summed E-state index contributed by atoms with van der Waals surface area (Å²) in [7, 11) is 0. The molecule has 2 heterocycles. The Labute approximate surface area is 163 Å². The van der Waals surface area contributed by atoms with Gasteiger partial charge in [0.1, 0.15) is 12.2 Å². The zero-order chi connectivity index (χ0) is 20.6. The van der Waals surface area contributed by atoms with E-state index >= 15 is 0 Å². The molecule has 0 unspecified atom stereocenters. The van der Waals surface area contributed by atoms with Crippen LogP contribution in [0.15, 0.2) is 36.0 Å². The molecule has 0 aliphatic carbocycles. The molecule has 0 saturated carbocycles. The van der Waals surface area contributed by atoms with Gasteiger partial charge in [0.2, 0.25) is 0 Å². The summed E-state index contributed by atoms with van der Waals surface area (Å²) >= 11 is 0. The van der Waals surface area contributed by atoms with Crippen molar-refractivity contribution in [3.63, 3.8) is 0 Å². The van der Waals surface area contributed by atoms with E-state index in [0.29, 0.717) is 10.8 Å². The monoisotopic (exact) mass is 381 g/mol. The van der Waals surface area contributed by atoms with Gasteiger partial charge in [0.25, 0.3) is 5.91 Å². The minimum atomic E-state index is -1.24. The molecule has 3 amide bonds. The number of carbonyl (C=O) groups is 3. The lowest BCUT2D eigenvalue weighted by atomic mass is 10.0. The number of aromatic nitrogens is 1. The minimum absolute atomic E-state index is 0.0710. The summed E-state index contributed by atoms with van der Waals surface area (Å²) in [5, 5.41) is 11.3. The van der Waals surface area contributed by atoms with Gasteiger partial charge in [-0.15, -0.1) is 0 Å². The Morgan fingerprint density at radius 1 is 1.18 bits per heavy atom. The Kier molecular flexibility index (Phi) is 5.09. The summed E-state index contributed by atoms with van der Waals surface area (Å²) in [4.78, 5) is 35.7. The van der Waals surface area contributed by atoms with Crippen molar-refractivity contribution in [2.24, 2.45) is 0 Å². The van der Waals surface area contributed by atoms with Crippen LogP contribution in [-0.2, 0) is 9.59 Å². The minimum Gasteiger partial charge on any atom is -0.480 e. The highest BCUT2D eigenvalue weighted by atomic mass is 16.4. The van der Waals surface area contributed by atoms with Crippen molar-refractivity contribution in [3.05, 3.63) is 58.5 Å². The smallest absolute Gasteiger partial charge is 0.329 e. The van der Waals surface area contributed by atoms with Gasteiger partial charge in [-0.05, 0) is 55.2 Å². The van der Waals surface area contributed by atoms with Crippen molar-refractivity contribution >= 4 is 24.0 Å². The lowest BCUT2D eigenvalue weighted by molar-refractivity contribution is -0.140. The average Bonchev–Trinajstić information content (AvgIpc) is 3.05. The van der Waals surface area contributed by atoms with E-state index in [2.05, 4.69) is 48.0 Å². The number of hydrogen-bond donors (Lipinski definition) is 2. The van der Waals surface area contributed by atoms with Crippen molar-refractivity contribution in [2.75, 3.05) is 6.54 Å². The second-order valence-electron chi connectivity index (χ2n) is 7.18. The lowest BCUT2D eigenvalue weighted by Crippen LogP contribution is -2.35. The van der Waals surface area contributed by atoms with Gasteiger partial charge >= 0.3 is 12.0 Å². The Morgan fingerprint density at radius 2 is 1.82 bits per heavy atom. The molecule has 28 heavy (non-hydrogen) atoms. The first-order valence-corrected chi connectivity index (χ1v) is 9.04. The first-order chi connectivity index (χ1) is 13.2. The van der Waals surface area contributed by atoms with Crippen LogP contribution in [0.3, 0.4) is 0 Å². The second kappa shape index (κ2) is 7.34. The van der Waals surface area contributed by atoms with Crippen LogP contribution in [0.1, 0.15) is 42.3 Å². The Hall–Kier alpha value is -3.35. The molecule has 1 aliphatic heterocycles. The number of imide groups is 1. The van der Waals surface area contributed by atoms with Crippen LogP contribution >= 0.6 is 0 Å². The molecular formula is C21H23N3O4. The van der Waals surface area contributed by atoms with Gasteiger partial charge < -0.3 is 15.0 Å². The molecule has 0 bridgehead atoms. The van der Waals surface area contributed by atoms with Gasteiger partial charge in [-0.3, -0.25) is 9.59 Å². The number of hydrogen-bond acceptors (Lipinski definition) is 3. The molecule has 1 aromatic heterocycles. The zero-order valence-corrected chi connectivity index (χ0v) is 16.3. The molecule has 7 heteroatoms. The predicted octanol–water partition coefficient (Wildman–Crippen LogP) is 3.19. The summed E-state index contributed by atoms with van der Waals surface area (Å²) < 4.78 is 2.08. The van der Waals surface area contributed by atoms with Crippen LogP contribution in [0, 0.1) is 13.8 Å². The van der Waals surface area contributed by atoms with Crippen molar-refractivity contribution in [3.8, 4) is 5.69 Å². The van der Waals surface area contributed by atoms with Gasteiger partial charge in [0.15, 0.2) is 0 Å². The number of aryl methyl sites for hydroxylation is 1. The maximum atomic E-state index is 12.3. The molecule has 3 rings (SSSR count). The quantitative estimate of drug-likeness (QED) is 0.615. The van der Waals surface area contributed by atoms with Crippen molar-refractivity contribution in [1.29, 1.82) is 0 Å². The molecule has 1 fully saturated rings. The number of rotatable bonds is 5. The van der Waals surface area contributed by atoms with E-state index in [4.69, 9.17) is 5.11 Å². The number of amides is 3. The average molecular weight is 381 g/mol. The molecule has 2 aromatic rings. The number of carboxylic acid groups (broad SMARTS) is 1. The molecule has 1 aliphatic rings. The topological polar surface area (TPSA) is 91.6 Å². The van der Waals surface area contributed by atoms with Crippen molar-refractivity contribution < 1.29 is 19.5 Å². The summed E-state index contributed by atoms with van der Waals surface area (Å²) in [6, 6.07) is 9.52. The first-order valence-electron chi connectivity index (χ1n) is 9.04. The first kappa shape index (κ1) is 19.4. The number of urea groups is 1. The summed E-state index contributed by atoms with van der Waals surface area (Å²) in [5.74, 6) is -1.43. The maximum absolute atomic E-state index is 12.3. The number of carbonyl (C=O) groups excluding carboxylic acids is 2. The van der Waals surface area contributed by atoms with Crippen LogP contribution in [0.4, 0.5) is 4.79 Å². The number of nitrogens with one attached hydrogen (secondary N) is 1. The third kappa shape index (κ3) is 3.55. The van der Waals surface area contributed by atoms with E-state index in [-0.39, 0.29) is 5.70 Å². The Morgan fingerprint density at radius 3 is 2.39 bits per heavy atom. The third-order valence-electron chi connectivity index (χ3n) is 4.84. The molecule has 7 nitrogen and oxygen atoms in total. The van der Waals surface area contributed by atoms with Gasteiger partial charge in [0, 0.05) is 17.1 Å². The van der Waals surface area contributed by atoms with E-state index in [1.807, 2.05) is 19.9 Å². The third-order valence-corrected chi connectivity index (χ3v) is 4.84. The van der Waals surface area contributed by atoms with E-state index in [9.17, 15) is 14.4 Å². The normalized spacial score (nSPS) is 15.6. The number of benzene rings is 1. The fraction of sp³-hybridized carbons (Fsp3) is 0.286. The van der Waals surface area contributed by atoms with Crippen LogP contribution in [0.5, 0.6) is 0 Å². The maximum Gasteiger partial charge on any atom is 0.329 e. The molecule has 0 spiro atoms. The zero-order valence-electron chi connectivity index (χ0n) is 16.3.